The number of carbonyl (C=O) groups is 1. The molecule has 5 rings (SSSR count). The molecular formula is C25H20F4N2O6. The third kappa shape index (κ3) is 4.69. The van der Waals surface area contributed by atoms with Crippen molar-refractivity contribution in [2.24, 2.45) is 10.7 Å². The van der Waals surface area contributed by atoms with Gasteiger partial charge in [0, 0.05) is 16.7 Å². The molecule has 12 heteroatoms. The Morgan fingerprint density at radius 1 is 1.05 bits per heavy atom. The third-order valence-electron chi connectivity index (χ3n) is 5.74. The van der Waals surface area contributed by atoms with Crippen molar-refractivity contribution >= 4 is 12.0 Å². The molecule has 0 aliphatic carbocycles. The number of benzene rings is 3. The maximum Gasteiger partial charge on any atom is 0.490 e. The molecule has 2 aliphatic heterocycles. The van der Waals surface area contributed by atoms with Crippen LogP contribution in [0.2, 0.25) is 0 Å². The first-order chi connectivity index (χ1) is 17.5. The van der Waals surface area contributed by atoms with Crippen LogP contribution in [0.5, 0.6) is 23.0 Å². The first-order valence-electron chi connectivity index (χ1n) is 10.6. The fourth-order valence-electron chi connectivity index (χ4n) is 4.02. The highest BCUT2D eigenvalue weighted by Gasteiger charge is 2.47. The topological polar surface area (TPSA) is 113 Å². The van der Waals surface area contributed by atoms with Crippen LogP contribution in [-0.4, -0.2) is 44.1 Å². The van der Waals surface area contributed by atoms with Crippen LogP contribution in [0.4, 0.5) is 17.6 Å². The number of fused-ring (bicyclic) bond motifs is 4. The van der Waals surface area contributed by atoms with Crippen LogP contribution in [0.1, 0.15) is 11.1 Å². The van der Waals surface area contributed by atoms with Gasteiger partial charge in [-0.1, -0.05) is 18.2 Å². The zero-order valence-electron chi connectivity index (χ0n) is 19.4. The molecule has 2 heterocycles. The van der Waals surface area contributed by atoms with Gasteiger partial charge in [-0.2, -0.15) is 13.2 Å². The van der Waals surface area contributed by atoms with Crippen molar-refractivity contribution in [3.63, 3.8) is 0 Å². The Morgan fingerprint density at radius 2 is 1.70 bits per heavy atom. The van der Waals surface area contributed by atoms with Crippen LogP contribution in [0.15, 0.2) is 59.6 Å². The summed E-state index contributed by atoms with van der Waals surface area (Å²) in [6, 6.07) is 16.1. The lowest BCUT2D eigenvalue weighted by Crippen LogP contribution is -2.31. The zero-order valence-corrected chi connectivity index (χ0v) is 19.4. The van der Waals surface area contributed by atoms with Crippen molar-refractivity contribution in [2.75, 3.05) is 20.8 Å². The number of nitrogens with two attached hydrogens (primary N) is 1. The number of halogens is 4. The number of aliphatic carboxylic acids is 1. The van der Waals surface area contributed by atoms with Gasteiger partial charge in [-0.15, -0.1) is 0 Å². The molecule has 194 valence electrons. The lowest BCUT2D eigenvalue weighted by molar-refractivity contribution is -0.192. The Hall–Kier alpha value is -4.48. The number of amidine groups is 1. The van der Waals surface area contributed by atoms with Crippen molar-refractivity contribution in [3.05, 3.63) is 71.5 Å². The zero-order chi connectivity index (χ0) is 27.0. The van der Waals surface area contributed by atoms with Crippen molar-refractivity contribution in [2.45, 2.75) is 11.7 Å². The summed E-state index contributed by atoms with van der Waals surface area (Å²) in [5.74, 6) is -1.09. The molecule has 2 aliphatic rings. The predicted molar refractivity (Wildman–Crippen MR) is 124 cm³/mol. The molecule has 0 aromatic heterocycles. The van der Waals surface area contributed by atoms with Crippen molar-refractivity contribution in [1.82, 2.24) is 0 Å². The van der Waals surface area contributed by atoms with Crippen molar-refractivity contribution in [3.8, 4) is 34.1 Å². The Kier molecular flexibility index (Phi) is 6.59. The van der Waals surface area contributed by atoms with Crippen molar-refractivity contribution < 1.29 is 46.4 Å². The molecule has 3 aromatic carbocycles. The minimum atomic E-state index is -5.08. The monoisotopic (exact) mass is 520 g/mol. The molecule has 3 aromatic rings. The average Bonchev–Trinajstić information content (AvgIpc) is 3.26. The van der Waals surface area contributed by atoms with Gasteiger partial charge in [0.15, 0.2) is 17.1 Å². The summed E-state index contributed by atoms with van der Waals surface area (Å²) in [7, 11) is 3.04. The van der Waals surface area contributed by atoms with E-state index in [-0.39, 0.29) is 18.4 Å². The first-order valence-corrected chi connectivity index (χ1v) is 10.6. The van der Waals surface area contributed by atoms with Gasteiger partial charge in [-0.25, -0.2) is 14.2 Å². The van der Waals surface area contributed by atoms with Crippen LogP contribution >= 0.6 is 0 Å². The Labute approximate surface area is 207 Å². The maximum atomic E-state index is 14.9. The van der Waals surface area contributed by atoms with E-state index in [0.29, 0.717) is 28.4 Å². The summed E-state index contributed by atoms with van der Waals surface area (Å²) < 4.78 is 68.9. The van der Waals surface area contributed by atoms with E-state index in [4.69, 9.17) is 34.6 Å². The number of methoxy groups -OCH3 is 2. The van der Waals surface area contributed by atoms with Gasteiger partial charge in [0.05, 0.1) is 14.2 Å². The van der Waals surface area contributed by atoms with Crippen LogP contribution in [-0.2, 0) is 15.1 Å². The van der Waals surface area contributed by atoms with Crippen molar-refractivity contribution in [1.29, 1.82) is 0 Å². The predicted octanol–water partition coefficient (Wildman–Crippen LogP) is 4.84. The summed E-state index contributed by atoms with van der Waals surface area (Å²) in [4.78, 5) is 13.5. The molecule has 1 unspecified atom stereocenters. The summed E-state index contributed by atoms with van der Waals surface area (Å²) in [5.41, 5.74) is 7.60. The SMILES string of the molecule is COc1ccc2c(c1)C1(COC(N)=N1)c1cc(-c3cccc(OC)c3F)ccc1O2.O=C(O)C(F)(F)F. The number of hydrogen-bond acceptors (Lipinski definition) is 7. The minimum absolute atomic E-state index is 0.0922. The Balaban J connectivity index is 0.000000405. The molecule has 0 radical (unpaired) electrons. The maximum absolute atomic E-state index is 14.9. The highest BCUT2D eigenvalue weighted by Crippen LogP contribution is 2.52. The standard InChI is InChI=1S/C23H19FN2O4.C2HF3O2/c1-27-14-7-9-19-17(11-14)23(12-29-22(25)26-23)16-10-13(6-8-18(16)30-19)15-4-3-5-20(28-2)21(15)24;3-2(4,5)1(6)7/h3-11H,12H2,1-2H3,(H2,25,26);(H,6,7). The number of carboxylic acids is 1. The normalized spacial score (nSPS) is 17.3. The van der Waals surface area contributed by atoms with Gasteiger partial charge in [0.1, 0.15) is 23.9 Å². The summed E-state index contributed by atoms with van der Waals surface area (Å²) in [6.07, 6.45) is -5.08. The van der Waals surface area contributed by atoms with Gasteiger partial charge in [0.25, 0.3) is 6.02 Å². The Bertz CT molecular complexity index is 1390. The van der Waals surface area contributed by atoms with Gasteiger partial charge >= 0.3 is 12.1 Å². The molecule has 0 fully saturated rings. The number of alkyl halides is 3. The fraction of sp³-hybridized carbons (Fsp3) is 0.200. The van der Waals surface area contributed by atoms with Gasteiger partial charge < -0.3 is 29.8 Å². The van der Waals surface area contributed by atoms with Gasteiger partial charge in [-0.05, 0) is 42.0 Å². The molecule has 37 heavy (non-hydrogen) atoms. The lowest BCUT2D eigenvalue weighted by Gasteiger charge is -2.34. The lowest BCUT2D eigenvalue weighted by atomic mass is 9.80. The van der Waals surface area contributed by atoms with Gasteiger partial charge in [-0.3, -0.25) is 0 Å². The van der Waals surface area contributed by atoms with E-state index >= 15 is 0 Å². The molecule has 0 saturated heterocycles. The molecule has 0 amide bonds. The Morgan fingerprint density at radius 3 is 2.27 bits per heavy atom. The molecular weight excluding hydrogens is 500 g/mol. The molecule has 1 spiro atoms. The molecule has 8 nitrogen and oxygen atoms in total. The molecule has 0 saturated carbocycles. The second-order valence-electron chi connectivity index (χ2n) is 7.90. The van der Waals surface area contributed by atoms with E-state index in [2.05, 4.69) is 4.99 Å². The van der Waals surface area contributed by atoms with E-state index in [1.807, 2.05) is 36.4 Å². The van der Waals surface area contributed by atoms with Gasteiger partial charge in [0.2, 0.25) is 0 Å². The van der Waals surface area contributed by atoms with Crippen LogP contribution in [0, 0.1) is 5.82 Å². The number of rotatable bonds is 3. The third-order valence-corrected chi connectivity index (χ3v) is 5.74. The molecule has 3 N–H and O–H groups in total. The van der Waals surface area contributed by atoms with E-state index < -0.39 is 23.5 Å². The quantitative estimate of drug-likeness (QED) is 0.476. The summed E-state index contributed by atoms with van der Waals surface area (Å²) in [6.45, 7) is 0.208. The second-order valence-corrected chi connectivity index (χ2v) is 7.90. The second kappa shape index (κ2) is 9.52. The van der Waals surface area contributed by atoms with Crippen LogP contribution < -0.4 is 19.9 Å². The number of hydrogen-bond donors (Lipinski definition) is 2. The molecule has 0 bridgehead atoms. The van der Waals surface area contributed by atoms with E-state index in [1.165, 1.54) is 7.11 Å². The largest absolute Gasteiger partial charge is 0.497 e. The fourth-order valence-corrected chi connectivity index (χ4v) is 4.02. The number of ether oxygens (including phenoxy) is 4. The van der Waals surface area contributed by atoms with Crippen LogP contribution in [0.25, 0.3) is 11.1 Å². The minimum Gasteiger partial charge on any atom is -0.497 e. The number of nitrogens with zero attached hydrogens (tertiary/aromatic N) is 1. The smallest absolute Gasteiger partial charge is 0.490 e. The summed E-state index contributed by atoms with van der Waals surface area (Å²) >= 11 is 0. The first kappa shape index (κ1) is 25.6. The highest BCUT2D eigenvalue weighted by atomic mass is 19.4. The van der Waals surface area contributed by atoms with E-state index in [1.54, 1.807) is 25.3 Å². The number of carboxylic acid groups (broad SMARTS) is 1. The highest BCUT2D eigenvalue weighted by molar-refractivity contribution is 5.78. The molecule has 1 atom stereocenters. The average molecular weight is 520 g/mol. The van der Waals surface area contributed by atoms with E-state index in [9.17, 15) is 17.6 Å². The van der Waals surface area contributed by atoms with E-state index in [0.717, 1.165) is 11.1 Å². The van der Waals surface area contributed by atoms with Crippen LogP contribution in [0.3, 0.4) is 0 Å². The summed E-state index contributed by atoms with van der Waals surface area (Å²) in [5, 5.41) is 7.12. The number of aliphatic imine (C=N–C) groups is 1.